The molecule has 4 rings (SSSR count). The van der Waals surface area contributed by atoms with Crippen LogP contribution in [0.4, 0.5) is 0 Å². The summed E-state index contributed by atoms with van der Waals surface area (Å²) in [5.74, 6) is 0. The Bertz CT molecular complexity index is 847. The van der Waals surface area contributed by atoms with Crippen LogP contribution in [0.3, 0.4) is 0 Å². The van der Waals surface area contributed by atoms with Crippen LogP contribution in [0.1, 0.15) is 42.6 Å². The van der Waals surface area contributed by atoms with Gasteiger partial charge in [0.25, 0.3) is 0 Å². The lowest BCUT2D eigenvalue weighted by Crippen LogP contribution is -2.29. The normalized spacial score (nSPS) is 25.6. The fourth-order valence-corrected chi connectivity index (χ4v) is 4.25. The van der Waals surface area contributed by atoms with Crippen LogP contribution < -0.4 is 0 Å². The van der Waals surface area contributed by atoms with Crippen molar-refractivity contribution in [3.05, 3.63) is 108 Å². The highest BCUT2D eigenvalue weighted by molar-refractivity contribution is 5.45. The van der Waals surface area contributed by atoms with Gasteiger partial charge in [0, 0.05) is 0 Å². The van der Waals surface area contributed by atoms with Crippen LogP contribution in [0.5, 0.6) is 0 Å². The number of aliphatic hydroxyl groups excluding tert-OH is 1. The largest absolute Gasteiger partial charge is 0.385 e. The lowest BCUT2D eigenvalue weighted by molar-refractivity contribution is 0.0729. The molecule has 26 heavy (non-hydrogen) atoms. The first-order valence-electron chi connectivity index (χ1n) is 9.29. The maximum atomic E-state index is 11.5. The molecule has 2 heteroatoms. The molecule has 1 fully saturated rings. The zero-order chi connectivity index (χ0) is 18.0. The first-order chi connectivity index (χ1) is 12.7. The first-order valence-corrected chi connectivity index (χ1v) is 9.29. The molecule has 3 unspecified atom stereocenters. The standard InChI is InChI=1S/C24H24O2/c1-2-18-23(20-14-8-4-9-15-20)24(26-23,21-16-10-5-11-17-21)22(25)19-12-6-3-7-13-19/h3-17,22,25H,2,18H2,1H3. The van der Waals surface area contributed by atoms with Crippen LogP contribution in [0.25, 0.3) is 0 Å². The molecule has 1 heterocycles. The Kier molecular flexibility index (Phi) is 4.39. The van der Waals surface area contributed by atoms with Crippen molar-refractivity contribution in [2.24, 2.45) is 0 Å². The maximum absolute atomic E-state index is 11.5. The minimum absolute atomic E-state index is 0.514. The number of benzene rings is 3. The minimum atomic E-state index is -0.771. The minimum Gasteiger partial charge on any atom is -0.385 e. The SMILES string of the molecule is CCCC1(c2ccccc2)OC1(c1ccccc1)C(O)c1ccccc1. The third-order valence-corrected chi connectivity index (χ3v) is 5.44. The number of hydrogen-bond acceptors (Lipinski definition) is 2. The highest BCUT2D eigenvalue weighted by Gasteiger charge is 2.74. The summed E-state index contributed by atoms with van der Waals surface area (Å²) in [5.41, 5.74) is 1.74. The predicted molar refractivity (Wildman–Crippen MR) is 104 cm³/mol. The Labute approximate surface area is 155 Å². The molecule has 0 amide bonds. The molecule has 0 radical (unpaired) electrons. The molecule has 1 aliphatic rings. The Morgan fingerprint density at radius 1 is 0.769 bits per heavy atom. The summed E-state index contributed by atoms with van der Waals surface area (Å²) >= 11 is 0. The Balaban J connectivity index is 1.88. The van der Waals surface area contributed by atoms with Gasteiger partial charge in [-0.2, -0.15) is 0 Å². The van der Waals surface area contributed by atoms with Gasteiger partial charge in [0.1, 0.15) is 11.7 Å². The van der Waals surface area contributed by atoms with E-state index >= 15 is 0 Å². The van der Waals surface area contributed by atoms with E-state index < -0.39 is 17.3 Å². The van der Waals surface area contributed by atoms with Gasteiger partial charge in [-0.25, -0.2) is 0 Å². The van der Waals surface area contributed by atoms with Gasteiger partial charge in [-0.1, -0.05) is 104 Å². The van der Waals surface area contributed by atoms with Crippen molar-refractivity contribution < 1.29 is 9.84 Å². The van der Waals surface area contributed by atoms with E-state index in [-0.39, 0.29) is 0 Å². The molecule has 2 nitrogen and oxygen atoms in total. The molecule has 1 saturated heterocycles. The van der Waals surface area contributed by atoms with E-state index in [0.717, 1.165) is 29.5 Å². The second-order valence-corrected chi connectivity index (χ2v) is 6.96. The average molecular weight is 344 g/mol. The molecule has 132 valence electrons. The molecule has 0 aliphatic carbocycles. The Hall–Kier alpha value is -2.42. The van der Waals surface area contributed by atoms with E-state index in [4.69, 9.17) is 4.74 Å². The van der Waals surface area contributed by atoms with E-state index in [1.165, 1.54) is 0 Å². The summed E-state index contributed by atoms with van der Waals surface area (Å²) in [6.07, 6.45) is 1.10. The molecule has 0 saturated carbocycles. The highest BCUT2D eigenvalue weighted by atomic mass is 16.6. The quantitative estimate of drug-likeness (QED) is 0.612. The van der Waals surface area contributed by atoms with E-state index in [9.17, 15) is 5.11 Å². The monoisotopic (exact) mass is 344 g/mol. The Morgan fingerprint density at radius 3 is 1.81 bits per heavy atom. The van der Waals surface area contributed by atoms with Crippen LogP contribution in [-0.2, 0) is 15.9 Å². The summed E-state index contributed by atoms with van der Waals surface area (Å²) in [7, 11) is 0. The summed E-state index contributed by atoms with van der Waals surface area (Å²) in [5, 5.41) is 11.5. The number of aliphatic hydroxyl groups is 1. The Morgan fingerprint density at radius 2 is 1.27 bits per heavy atom. The van der Waals surface area contributed by atoms with Gasteiger partial charge in [-0.3, -0.25) is 0 Å². The number of ether oxygens (including phenoxy) is 1. The lowest BCUT2D eigenvalue weighted by atomic mass is 9.74. The van der Waals surface area contributed by atoms with Crippen molar-refractivity contribution in [2.45, 2.75) is 37.1 Å². The molecule has 3 atom stereocenters. The zero-order valence-corrected chi connectivity index (χ0v) is 15.0. The van der Waals surface area contributed by atoms with Crippen LogP contribution in [0.2, 0.25) is 0 Å². The third kappa shape index (κ3) is 2.49. The van der Waals surface area contributed by atoms with Crippen molar-refractivity contribution in [1.82, 2.24) is 0 Å². The molecule has 1 aliphatic heterocycles. The van der Waals surface area contributed by atoms with E-state index in [2.05, 4.69) is 31.2 Å². The van der Waals surface area contributed by atoms with Crippen LogP contribution in [0.15, 0.2) is 91.0 Å². The van der Waals surface area contributed by atoms with Crippen molar-refractivity contribution in [1.29, 1.82) is 0 Å². The van der Waals surface area contributed by atoms with Gasteiger partial charge >= 0.3 is 0 Å². The average Bonchev–Trinajstić information content (AvgIpc) is 3.41. The third-order valence-electron chi connectivity index (χ3n) is 5.44. The smallest absolute Gasteiger partial charge is 0.157 e. The van der Waals surface area contributed by atoms with Crippen LogP contribution >= 0.6 is 0 Å². The van der Waals surface area contributed by atoms with Crippen molar-refractivity contribution in [2.75, 3.05) is 0 Å². The first kappa shape index (κ1) is 17.0. The molecule has 3 aromatic carbocycles. The van der Waals surface area contributed by atoms with Crippen LogP contribution in [-0.4, -0.2) is 5.11 Å². The van der Waals surface area contributed by atoms with Gasteiger partial charge in [-0.15, -0.1) is 0 Å². The molecular weight excluding hydrogens is 320 g/mol. The zero-order valence-electron chi connectivity index (χ0n) is 15.0. The van der Waals surface area contributed by atoms with Crippen LogP contribution in [0, 0.1) is 0 Å². The summed E-state index contributed by atoms with van der Waals surface area (Å²) in [4.78, 5) is 0. The molecule has 0 spiro atoms. The number of rotatable bonds is 6. The lowest BCUT2D eigenvalue weighted by Gasteiger charge is -2.26. The summed E-state index contributed by atoms with van der Waals surface area (Å²) < 4.78 is 6.57. The number of hydrogen-bond donors (Lipinski definition) is 1. The predicted octanol–water partition coefficient (Wildman–Crippen LogP) is 5.34. The fraction of sp³-hybridized carbons (Fsp3) is 0.250. The molecule has 0 aromatic heterocycles. The number of epoxide rings is 1. The maximum Gasteiger partial charge on any atom is 0.157 e. The second kappa shape index (κ2) is 6.71. The van der Waals surface area contributed by atoms with Gasteiger partial charge in [-0.05, 0) is 23.1 Å². The van der Waals surface area contributed by atoms with Crippen molar-refractivity contribution >= 4 is 0 Å². The van der Waals surface area contributed by atoms with Gasteiger partial charge in [0.05, 0.1) is 0 Å². The fourth-order valence-electron chi connectivity index (χ4n) is 4.25. The van der Waals surface area contributed by atoms with E-state index in [0.29, 0.717) is 0 Å². The van der Waals surface area contributed by atoms with Gasteiger partial charge < -0.3 is 9.84 Å². The van der Waals surface area contributed by atoms with Gasteiger partial charge in [0.15, 0.2) is 5.60 Å². The van der Waals surface area contributed by atoms with Crippen molar-refractivity contribution in [3.63, 3.8) is 0 Å². The van der Waals surface area contributed by atoms with E-state index in [1.54, 1.807) is 0 Å². The second-order valence-electron chi connectivity index (χ2n) is 6.96. The van der Waals surface area contributed by atoms with Crippen molar-refractivity contribution in [3.8, 4) is 0 Å². The topological polar surface area (TPSA) is 32.8 Å². The highest BCUT2D eigenvalue weighted by Crippen LogP contribution is 2.69. The van der Waals surface area contributed by atoms with E-state index in [1.807, 2.05) is 66.7 Å². The summed E-state index contributed by atoms with van der Waals surface area (Å²) in [6.45, 7) is 2.16. The molecule has 0 bridgehead atoms. The molecular formula is C24H24O2. The van der Waals surface area contributed by atoms with Gasteiger partial charge in [0.2, 0.25) is 0 Å². The molecule has 1 N–H and O–H groups in total. The summed E-state index contributed by atoms with van der Waals surface area (Å²) in [6, 6.07) is 30.3. The molecule has 3 aromatic rings.